The highest BCUT2D eigenvalue weighted by molar-refractivity contribution is 6.10. The van der Waals surface area contributed by atoms with Gasteiger partial charge in [-0.05, 0) is 35.9 Å². The molecule has 1 heterocycles. The summed E-state index contributed by atoms with van der Waals surface area (Å²) in [5, 5.41) is 11.9. The molecule has 22 heavy (non-hydrogen) atoms. The monoisotopic (exact) mass is 296 g/mol. The molecule has 0 fully saturated rings. The predicted molar refractivity (Wildman–Crippen MR) is 80.3 cm³/mol. The van der Waals surface area contributed by atoms with Gasteiger partial charge in [-0.1, -0.05) is 18.2 Å². The predicted octanol–water partition coefficient (Wildman–Crippen LogP) is 1.86. The van der Waals surface area contributed by atoms with Crippen LogP contribution in [0.25, 0.3) is 6.08 Å². The van der Waals surface area contributed by atoms with Gasteiger partial charge in [-0.25, -0.2) is 0 Å². The van der Waals surface area contributed by atoms with Crippen LogP contribution in [0.2, 0.25) is 0 Å². The molecule has 1 aliphatic heterocycles. The van der Waals surface area contributed by atoms with Crippen molar-refractivity contribution in [2.45, 2.75) is 0 Å². The minimum atomic E-state index is -0.642. The average Bonchev–Trinajstić information content (AvgIpc) is 2.49. The summed E-state index contributed by atoms with van der Waals surface area (Å²) in [6, 6.07) is 11.0. The molecule has 0 bridgehead atoms. The number of fused-ring (bicyclic) bond motifs is 1. The zero-order valence-electron chi connectivity index (χ0n) is 11.4. The van der Waals surface area contributed by atoms with Crippen LogP contribution in [-0.4, -0.2) is 16.9 Å². The Morgan fingerprint density at radius 2 is 1.91 bits per heavy atom. The van der Waals surface area contributed by atoms with Crippen molar-refractivity contribution in [1.82, 2.24) is 0 Å². The van der Waals surface area contributed by atoms with E-state index in [4.69, 9.17) is 10.5 Å². The number of nitrogens with one attached hydrogen (secondary N) is 1. The number of carbonyl (C=O) groups is 2. The Bertz CT molecular complexity index is 794. The highest BCUT2D eigenvalue weighted by Gasteiger charge is 2.25. The van der Waals surface area contributed by atoms with Gasteiger partial charge in [0.15, 0.2) is 11.5 Å². The number of amides is 2. The minimum Gasteiger partial charge on any atom is -0.508 e. The van der Waals surface area contributed by atoms with Gasteiger partial charge >= 0.3 is 0 Å². The highest BCUT2D eigenvalue weighted by atomic mass is 16.5. The van der Waals surface area contributed by atoms with Gasteiger partial charge < -0.3 is 20.9 Å². The standard InChI is InChI=1S/C16H12N2O4/c17-15(20)11-2-1-3-12-14(11)22-13(16(21)18-12)8-9-4-6-10(19)7-5-9/h1-8,19H,(H2,17,20)(H,18,21). The average molecular weight is 296 g/mol. The summed E-state index contributed by atoms with van der Waals surface area (Å²) in [7, 11) is 0. The Kier molecular flexibility index (Phi) is 3.27. The zero-order chi connectivity index (χ0) is 15.7. The first-order chi connectivity index (χ1) is 10.5. The number of phenols is 1. The van der Waals surface area contributed by atoms with E-state index in [1.807, 2.05) is 0 Å². The Balaban J connectivity index is 2.01. The largest absolute Gasteiger partial charge is 0.508 e. The molecule has 0 aliphatic carbocycles. The van der Waals surface area contributed by atoms with Gasteiger partial charge in [0, 0.05) is 0 Å². The third-order valence-electron chi connectivity index (χ3n) is 3.16. The molecule has 6 heteroatoms. The van der Waals surface area contributed by atoms with Crippen molar-refractivity contribution in [2.24, 2.45) is 5.73 Å². The van der Waals surface area contributed by atoms with E-state index in [1.165, 1.54) is 24.3 Å². The molecule has 0 aromatic heterocycles. The lowest BCUT2D eigenvalue weighted by molar-refractivity contribution is -0.115. The van der Waals surface area contributed by atoms with Crippen molar-refractivity contribution in [1.29, 1.82) is 0 Å². The maximum Gasteiger partial charge on any atom is 0.291 e. The molecular weight excluding hydrogens is 284 g/mol. The first-order valence-electron chi connectivity index (χ1n) is 6.47. The molecule has 0 spiro atoms. The quantitative estimate of drug-likeness (QED) is 0.736. The number of anilines is 1. The molecule has 0 saturated carbocycles. The fourth-order valence-electron chi connectivity index (χ4n) is 2.10. The molecule has 0 unspecified atom stereocenters. The van der Waals surface area contributed by atoms with E-state index in [9.17, 15) is 14.7 Å². The molecule has 2 aromatic rings. The van der Waals surface area contributed by atoms with Crippen molar-refractivity contribution < 1.29 is 19.4 Å². The SMILES string of the molecule is NC(=O)c1cccc2c1OC(=Cc1ccc(O)cc1)C(=O)N2. The smallest absolute Gasteiger partial charge is 0.291 e. The van der Waals surface area contributed by atoms with Crippen LogP contribution in [0.1, 0.15) is 15.9 Å². The lowest BCUT2D eigenvalue weighted by atomic mass is 10.1. The van der Waals surface area contributed by atoms with Crippen LogP contribution < -0.4 is 15.8 Å². The van der Waals surface area contributed by atoms with E-state index < -0.39 is 11.8 Å². The van der Waals surface area contributed by atoms with Crippen LogP contribution in [0.4, 0.5) is 5.69 Å². The van der Waals surface area contributed by atoms with E-state index in [1.54, 1.807) is 24.3 Å². The third kappa shape index (κ3) is 2.49. The maximum absolute atomic E-state index is 12.0. The molecule has 4 N–H and O–H groups in total. The van der Waals surface area contributed by atoms with Crippen molar-refractivity contribution in [3.63, 3.8) is 0 Å². The van der Waals surface area contributed by atoms with E-state index in [2.05, 4.69) is 5.32 Å². The summed E-state index contributed by atoms with van der Waals surface area (Å²) in [6.07, 6.45) is 1.51. The Morgan fingerprint density at radius 1 is 1.18 bits per heavy atom. The summed E-state index contributed by atoms with van der Waals surface area (Å²) < 4.78 is 5.56. The summed E-state index contributed by atoms with van der Waals surface area (Å²) in [4.78, 5) is 23.5. The molecule has 1 aliphatic rings. The molecule has 0 saturated heterocycles. The van der Waals surface area contributed by atoms with Crippen molar-refractivity contribution in [2.75, 3.05) is 5.32 Å². The van der Waals surface area contributed by atoms with Gasteiger partial charge in [0.1, 0.15) is 5.75 Å². The van der Waals surface area contributed by atoms with Crippen LogP contribution >= 0.6 is 0 Å². The lowest BCUT2D eigenvalue weighted by Crippen LogP contribution is -2.25. The first-order valence-corrected chi connectivity index (χ1v) is 6.47. The number of ether oxygens (including phenoxy) is 1. The van der Waals surface area contributed by atoms with E-state index >= 15 is 0 Å². The van der Waals surface area contributed by atoms with Gasteiger partial charge in [-0.15, -0.1) is 0 Å². The maximum atomic E-state index is 12.0. The van der Waals surface area contributed by atoms with Crippen LogP contribution in [0.5, 0.6) is 11.5 Å². The number of hydrogen-bond donors (Lipinski definition) is 3. The van der Waals surface area contributed by atoms with E-state index in [0.29, 0.717) is 11.3 Å². The second-order valence-corrected chi connectivity index (χ2v) is 4.70. The lowest BCUT2D eigenvalue weighted by Gasteiger charge is -2.21. The Labute approximate surface area is 125 Å². The zero-order valence-corrected chi connectivity index (χ0v) is 11.4. The third-order valence-corrected chi connectivity index (χ3v) is 3.16. The van der Waals surface area contributed by atoms with Gasteiger partial charge in [0.25, 0.3) is 11.8 Å². The molecular formula is C16H12N2O4. The van der Waals surface area contributed by atoms with Gasteiger partial charge in [-0.3, -0.25) is 9.59 Å². The van der Waals surface area contributed by atoms with Crippen LogP contribution in [0.3, 0.4) is 0 Å². The summed E-state index contributed by atoms with van der Waals surface area (Å²) in [6.45, 7) is 0. The minimum absolute atomic E-state index is 0.0342. The second-order valence-electron chi connectivity index (χ2n) is 4.70. The van der Waals surface area contributed by atoms with E-state index in [0.717, 1.165) is 0 Å². The molecule has 0 atom stereocenters. The fourth-order valence-corrected chi connectivity index (χ4v) is 2.10. The highest BCUT2D eigenvalue weighted by Crippen LogP contribution is 2.34. The molecule has 3 rings (SSSR count). The van der Waals surface area contributed by atoms with Crippen LogP contribution in [0, 0.1) is 0 Å². The number of carbonyl (C=O) groups excluding carboxylic acids is 2. The van der Waals surface area contributed by atoms with Crippen molar-refractivity contribution in [3.05, 3.63) is 59.4 Å². The van der Waals surface area contributed by atoms with Gasteiger partial charge in [0.05, 0.1) is 11.3 Å². The normalized spacial score (nSPS) is 14.9. The molecule has 6 nitrogen and oxygen atoms in total. The number of primary amides is 1. The topological polar surface area (TPSA) is 102 Å². The van der Waals surface area contributed by atoms with E-state index in [-0.39, 0.29) is 22.8 Å². The molecule has 2 amide bonds. The summed E-state index contributed by atoms with van der Waals surface area (Å²) in [5.74, 6) is -0.691. The van der Waals surface area contributed by atoms with Crippen molar-refractivity contribution in [3.8, 4) is 11.5 Å². The molecule has 0 radical (unpaired) electrons. The van der Waals surface area contributed by atoms with Crippen LogP contribution in [-0.2, 0) is 4.79 Å². The Hall–Kier alpha value is -3.28. The summed E-state index contributed by atoms with van der Waals surface area (Å²) in [5.41, 5.74) is 6.56. The number of para-hydroxylation sites is 1. The van der Waals surface area contributed by atoms with Gasteiger partial charge in [0.2, 0.25) is 0 Å². The number of phenolic OH excluding ortho intramolecular Hbond substituents is 1. The Morgan fingerprint density at radius 3 is 2.59 bits per heavy atom. The number of rotatable bonds is 2. The first kappa shape index (κ1) is 13.7. The number of aromatic hydroxyl groups is 1. The molecule has 110 valence electrons. The molecule has 2 aromatic carbocycles. The van der Waals surface area contributed by atoms with Gasteiger partial charge in [-0.2, -0.15) is 0 Å². The van der Waals surface area contributed by atoms with Crippen molar-refractivity contribution >= 4 is 23.6 Å². The fraction of sp³-hybridized carbons (Fsp3) is 0. The summed E-state index contributed by atoms with van der Waals surface area (Å²) >= 11 is 0. The number of hydrogen-bond acceptors (Lipinski definition) is 4. The number of nitrogens with two attached hydrogens (primary N) is 1. The van der Waals surface area contributed by atoms with Crippen LogP contribution in [0.15, 0.2) is 48.2 Å². The second kappa shape index (κ2) is 5.25. The number of benzene rings is 2.